The van der Waals surface area contributed by atoms with E-state index in [0.29, 0.717) is 17.9 Å². The normalized spacial score (nSPS) is 23.9. The molecule has 102 valence electrons. The molecule has 19 heavy (non-hydrogen) atoms. The minimum atomic E-state index is 0.470. The molecule has 2 aromatic rings. The van der Waals surface area contributed by atoms with Crippen molar-refractivity contribution in [1.82, 2.24) is 14.5 Å². The summed E-state index contributed by atoms with van der Waals surface area (Å²) in [7, 11) is 0. The molecule has 2 aromatic heterocycles. The number of pyridine rings is 1. The van der Waals surface area contributed by atoms with Gasteiger partial charge in [0.2, 0.25) is 5.95 Å². The highest BCUT2D eigenvalue weighted by Crippen LogP contribution is 2.38. The summed E-state index contributed by atoms with van der Waals surface area (Å²) < 4.78 is 2.19. The van der Waals surface area contributed by atoms with E-state index in [0.717, 1.165) is 16.9 Å². The van der Waals surface area contributed by atoms with E-state index in [1.54, 1.807) is 0 Å². The summed E-state index contributed by atoms with van der Waals surface area (Å²) in [6, 6.07) is 4.49. The SMILES string of the molecule is CCC1CCCCC1n1c(N)nc2ccc(C)nc21. The van der Waals surface area contributed by atoms with E-state index in [-0.39, 0.29) is 0 Å². The molecule has 0 aromatic carbocycles. The number of rotatable bonds is 2. The minimum Gasteiger partial charge on any atom is -0.369 e. The van der Waals surface area contributed by atoms with Crippen LogP contribution in [0.25, 0.3) is 11.2 Å². The number of imidazole rings is 1. The lowest BCUT2D eigenvalue weighted by atomic mass is 9.82. The summed E-state index contributed by atoms with van der Waals surface area (Å²) >= 11 is 0. The predicted octanol–water partition coefficient (Wildman–Crippen LogP) is 3.46. The highest BCUT2D eigenvalue weighted by atomic mass is 15.2. The van der Waals surface area contributed by atoms with Gasteiger partial charge in [0.1, 0.15) is 5.52 Å². The number of nitrogens with zero attached hydrogens (tertiary/aromatic N) is 3. The van der Waals surface area contributed by atoms with Gasteiger partial charge in [-0.25, -0.2) is 9.97 Å². The molecule has 2 atom stereocenters. The van der Waals surface area contributed by atoms with Crippen LogP contribution in [0.1, 0.15) is 50.8 Å². The Hall–Kier alpha value is -1.58. The Labute approximate surface area is 114 Å². The van der Waals surface area contributed by atoms with Crippen LogP contribution in [0.2, 0.25) is 0 Å². The first-order valence-corrected chi connectivity index (χ1v) is 7.31. The van der Waals surface area contributed by atoms with E-state index in [9.17, 15) is 0 Å². The maximum absolute atomic E-state index is 6.16. The van der Waals surface area contributed by atoms with Gasteiger partial charge in [0.15, 0.2) is 5.65 Å². The summed E-state index contributed by atoms with van der Waals surface area (Å²) in [6.45, 7) is 4.29. The quantitative estimate of drug-likeness (QED) is 0.897. The molecule has 0 saturated heterocycles. The van der Waals surface area contributed by atoms with Gasteiger partial charge in [0.05, 0.1) is 0 Å². The molecule has 4 nitrogen and oxygen atoms in total. The molecule has 3 rings (SSSR count). The van der Waals surface area contributed by atoms with E-state index in [2.05, 4.69) is 21.5 Å². The number of aromatic nitrogens is 3. The molecule has 4 heteroatoms. The van der Waals surface area contributed by atoms with E-state index < -0.39 is 0 Å². The molecule has 1 saturated carbocycles. The first kappa shape index (κ1) is 12.5. The van der Waals surface area contributed by atoms with Gasteiger partial charge >= 0.3 is 0 Å². The number of hydrogen-bond acceptors (Lipinski definition) is 3. The van der Waals surface area contributed by atoms with Crippen molar-refractivity contribution in [2.75, 3.05) is 5.73 Å². The Morgan fingerprint density at radius 3 is 2.84 bits per heavy atom. The minimum absolute atomic E-state index is 0.470. The van der Waals surface area contributed by atoms with Crippen LogP contribution in [0, 0.1) is 12.8 Å². The van der Waals surface area contributed by atoms with Crippen LogP contribution in [-0.2, 0) is 0 Å². The molecular formula is C15H22N4. The largest absolute Gasteiger partial charge is 0.369 e. The van der Waals surface area contributed by atoms with Crippen LogP contribution >= 0.6 is 0 Å². The summed E-state index contributed by atoms with van der Waals surface area (Å²) in [4.78, 5) is 9.14. The summed E-state index contributed by atoms with van der Waals surface area (Å²) in [6.07, 6.45) is 6.32. The summed E-state index contributed by atoms with van der Waals surface area (Å²) in [5.41, 5.74) is 9.07. The Bertz CT molecular complexity index is 587. The Balaban J connectivity index is 2.12. The van der Waals surface area contributed by atoms with Gasteiger partial charge in [-0.05, 0) is 37.8 Å². The van der Waals surface area contributed by atoms with Crippen LogP contribution in [-0.4, -0.2) is 14.5 Å². The lowest BCUT2D eigenvalue weighted by Gasteiger charge is -2.32. The van der Waals surface area contributed by atoms with Crippen molar-refractivity contribution in [2.24, 2.45) is 5.92 Å². The fourth-order valence-corrected chi connectivity index (χ4v) is 3.42. The zero-order chi connectivity index (χ0) is 13.4. The topological polar surface area (TPSA) is 56.7 Å². The second kappa shape index (κ2) is 4.83. The van der Waals surface area contributed by atoms with E-state index in [4.69, 9.17) is 5.73 Å². The summed E-state index contributed by atoms with van der Waals surface area (Å²) in [5.74, 6) is 1.33. The zero-order valence-corrected chi connectivity index (χ0v) is 11.8. The predicted molar refractivity (Wildman–Crippen MR) is 78.0 cm³/mol. The third-order valence-corrected chi connectivity index (χ3v) is 4.43. The molecule has 2 N–H and O–H groups in total. The third kappa shape index (κ3) is 2.09. The van der Waals surface area contributed by atoms with Gasteiger partial charge < -0.3 is 5.73 Å². The average Bonchev–Trinajstić information content (AvgIpc) is 2.74. The second-order valence-electron chi connectivity index (χ2n) is 5.66. The lowest BCUT2D eigenvalue weighted by Crippen LogP contribution is -2.24. The van der Waals surface area contributed by atoms with Crippen molar-refractivity contribution in [2.45, 2.75) is 52.0 Å². The van der Waals surface area contributed by atoms with Crippen molar-refractivity contribution >= 4 is 17.1 Å². The zero-order valence-electron chi connectivity index (χ0n) is 11.8. The molecule has 0 spiro atoms. The lowest BCUT2D eigenvalue weighted by molar-refractivity contribution is 0.238. The highest BCUT2D eigenvalue weighted by Gasteiger charge is 2.28. The second-order valence-corrected chi connectivity index (χ2v) is 5.66. The van der Waals surface area contributed by atoms with E-state index >= 15 is 0 Å². The van der Waals surface area contributed by atoms with Gasteiger partial charge in [-0.3, -0.25) is 4.57 Å². The number of anilines is 1. The molecule has 0 aliphatic heterocycles. The van der Waals surface area contributed by atoms with E-state index in [1.165, 1.54) is 32.1 Å². The Morgan fingerprint density at radius 1 is 1.26 bits per heavy atom. The maximum atomic E-state index is 6.16. The number of hydrogen-bond donors (Lipinski definition) is 1. The van der Waals surface area contributed by atoms with Gasteiger partial charge in [-0.2, -0.15) is 0 Å². The molecule has 0 radical (unpaired) electrons. The highest BCUT2D eigenvalue weighted by molar-refractivity contribution is 5.74. The first-order valence-electron chi connectivity index (χ1n) is 7.31. The third-order valence-electron chi connectivity index (χ3n) is 4.43. The van der Waals surface area contributed by atoms with Crippen molar-refractivity contribution in [3.05, 3.63) is 17.8 Å². The monoisotopic (exact) mass is 258 g/mol. The van der Waals surface area contributed by atoms with E-state index in [1.807, 2.05) is 19.1 Å². The Morgan fingerprint density at radius 2 is 2.05 bits per heavy atom. The molecule has 1 fully saturated rings. The van der Waals surface area contributed by atoms with Gasteiger partial charge in [-0.15, -0.1) is 0 Å². The summed E-state index contributed by atoms with van der Waals surface area (Å²) in [5, 5.41) is 0. The maximum Gasteiger partial charge on any atom is 0.202 e. The van der Waals surface area contributed by atoms with Crippen LogP contribution in [0.3, 0.4) is 0 Å². The Kier molecular flexibility index (Phi) is 3.17. The van der Waals surface area contributed by atoms with Crippen molar-refractivity contribution in [3.63, 3.8) is 0 Å². The smallest absolute Gasteiger partial charge is 0.202 e. The first-order chi connectivity index (χ1) is 9.20. The average molecular weight is 258 g/mol. The number of aryl methyl sites for hydroxylation is 1. The standard InChI is InChI=1S/C15H22N4/c1-3-11-6-4-5-7-13(11)19-14-12(18-15(19)16)9-8-10(2)17-14/h8-9,11,13H,3-7H2,1-2H3,(H2,16,18). The van der Waals surface area contributed by atoms with Crippen LogP contribution in [0.4, 0.5) is 5.95 Å². The van der Waals surface area contributed by atoms with Crippen molar-refractivity contribution in [1.29, 1.82) is 0 Å². The van der Waals surface area contributed by atoms with Crippen LogP contribution < -0.4 is 5.73 Å². The molecule has 1 aliphatic rings. The molecule has 2 unspecified atom stereocenters. The molecule has 0 bridgehead atoms. The molecular weight excluding hydrogens is 236 g/mol. The molecule has 1 aliphatic carbocycles. The van der Waals surface area contributed by atoms with Gasteiger partial charge in [0.25, 0.3) is 0 Å². The van der Waals surface area contributed by atoms with Crippen molar-refractivity contribution < 1.29 is 0 Å². The van der Waals surface area contributed by atoms with Gasteiger partial charge in [-0.1, -0.05) is 26.2 Å². The number of nitrogen functional groups attached to an aromatic ring is 1. The van der Waals surface area contributed by atoms with Crippen molar-refractivity contribution in [3.8, 4) is 0 Å². The molecule has 0 amide bonds. The number of nitrogens with two attached hydrogens (primary N) is 1. The fourth-order valence-electron chi connectivity index (χ4n) is 3.42. The molecule has 2 heterocycles. The number of fused-ring (bicyclic) bond motifs is 1. The van der Waals surface area contributed by atoms with Crippen LogP contribution in [0.5, 0.6) is 0 Å². The van der Waals surface area contributed by atoms with Gasteiger partial charge in [0, 0.05) is 11.7 Å². The fraction of sp³-hybridized carbons (Fsp3) is 0.600. The van der Waals surface area contributed by atoms with Crippen LogP contribution in [0.15, 0.2) is 12.1 Å².